The van der Waals surface area contributed by atoms with Crippen LogP contribution in [0.1, 0.15) is 19.1 Å². The van der Waals surface area contributed by atoms with E-state index in [1.165, 1.54) is 6.08 Å². The molecule has 0 saturated heterocycles. The van der Waals surface area contributed by atoms with Crippen molar-refractivity contribution in [3.63, 3.8) is 0 Å². The number of halogens is 2. The Kier molecular flexibility index (Phi) is 4.47. The van der Waals surface area contributed by atoms with E-state index in [4.69, 9.17) is 27.6 Å². The van der Waals surface area contributed by atoms with E-state index in [9.17, 15) is 10.1 Å². The van der Waals surface area contributed by atoms with Crippen LogP contribution < -0.4 is 0 Å². The molecule has 0 amide bonds. The summed E-state index contributed by atoms with van der Waals surface area (Å²) in [4.78, 5) is 10.3. The standard InChI is InChI=1S/C14H11Cl2NO3/c1-2-10(17(18)19)8-11-4-6-14(20-11)9-3-5-12(15)13(16)7-9/h3-8H,2H2,1H3/b10-8+. The summed E-state index contributed by atoms with van der Waals surface area (Å²) >= 11 is 11.8. The molecule has 1 aromatic heterocycles. The third kappa shape index (κ3) is 3.21. The smallest absolute Gasteiger partial charge is 0.249 e. The number of hydrogen-bond acceptors (Lipinski definition) is 3. The molecule has 0 aliphatic rings. The van der Waals surface area contributed by atoms with E-state index < -0.39 is 4.92 Å². The Balaban J connectivity index is 2.33. The van der Waals surface area contributed by atoms with Gasteiger partial charge in [-0.2, -0.15) is 0 Å². The van der Waals surface area contributed by atoms with Crippen molar-refractivity contribution in [2.45, 2.75) is 13.3 Å². The Morgan fingerprint density at radius 1 is 1.30 bits per heavy atom. The third-order valence-corrected chi connectivity index (χ3v) is 3.48. The molecule has 2 rings (SSSR count). The average Bonchev–Trinajstić information content (AvgIpc) is 2.87. The van der Waals surface area contributed by atoms with Gasteiger partial charge in [0.1, 0.15) is 11.5 Å². The van der Waals surface area contributed by atoms with Gasteiger partial charge in [-0.1, -0.05) is 30.1 Å². The lowest BCUT2D eigenvalue weighted by molar-refractivity contribution is -0.425. The quantitative estimate of drug-likeness (QED) is 0.570. The largest absolute Gasteiger partial charge is 0.456 e. The molecule has 0 N–H and O–H groups in total. The summed E-state index contributed by atoms with van der Waals surface area (Å²) in [6.07, 6.45) is 1.75. The molecule has 0 atom stereocenters. The topological polar surface area (TPSA) is 56.3 Å². The second kappa shape index (κ2) is 6.11. The zero-order chi connectivity index (χ0) is 14.7. The maximum atomic E-state index is 10.8. The van der Waals surface area contributed by atoms with Crippen molar-refractivity contribution in [2.24, 2.45) is 0 Å². The van der Waals surface area contributed by atoms with Crippen LogP contribution in [0.25, 0.3) is 17.4 Å². The molecular formula is C14H11Cl2NO3. The number of benzene rings is 1. The summed E-state index contributed by atoms with van der Waals surface area (Å²) in [6, 6.07) is 8.54. The van der Waals surface area contributed by atoms with Crippen molar-refractivity contribution in [1.29, 1.82) is 0 Å². The Morgan fingerprint density at radius 2 is 2.05 bits per heavy atom. The number of furan rings is 1. The van der Waals surface area contributed by atoms with Crippen LogP contribution in [0.4, 0.5) is 0 Å². The van der Waals surface area contributed by atoms with E-state index in [0.717, 1.165) is 5.56 Å². The Hall–Kier alpha value is -1.78. The number of nitrogens with zero attached hydrogens (tertiary/aromatic N) is 1. The van der Waals surface area contributed by atoms with E-state index in [2.05, 4.69) is 0 Å². The minimum absolute atomic E-state index is 0.0973. The van der Waals surface area contributed by atoms with Crippen LogP contribution >= 0.6 is 23.2 Å². The van der Waals surface area contributed by atoms with E-state index >= 15 is 0 Å². The van der Waals surface area contributed by atoms with Crippen molar-refractivity contribution in [1.82, 2.24) is 0 Å². The lowest BCUT2D eigenvalue weighted by atomic mass is 10.2. The van der Waals surface area contributed by atoms with Crippen LogP contribution in [-0.2, 0) is 0 Å². The maximum Gasteiger partial charge on any atom is 0.249 e. The highest BCUT2D eigenvalue weighted by molar-refractivity contribution is 6.42. The number of hydrogen-bond donors (Lipinski definition) is 0. The molecule has 1 aromatic carbocycles. The normalized spacial score (nSPS) is 11.7. The van der Waals surface area contributed by atoms with Gasteiger partial charge in [-0.3, -0.25) is 10.1 Å². The first kappa shape index (κ1) is 14.6. The fourth-order valence-corrected chi connectivity index (χ4v) is 1.98. The maximum absolute atomic E-state index is 10.8. The van der Waals surface area contributed by atoms with Crippen molar-refractivity contribution in [2.75, 3.05) is 0 Å². The summed E-state index contributed by atoms with van der Waals surface area (Å²) in [6.45, 7) is 1.72. The van der Waals surface area contributed by atoms with Gasteiger partial charge in [0.05, 0.1) is 21.0 Å². The highest BCUT2D eigenvalue weighted by Gasteiger charge is 2.11. The molecule has 0 spiro atoms. The fraction of sp³-hybridized carbons (Fsp3) is 0.143. The molecule has 104 valence electrons. The molecule has 0 saturated carbocycles. The van der Waals surface area contributed by atoms with Gasteiger partial charge < -0.3 is 4.42 Å². The van der Waals surface area contributed by atoms with Crippen LogP contribution in [0.3, 0.4) is 0 Å². The third-order valence-electron chi connectivity index (χ3n) is 2.74. The predicted octanol–water partition coefficient (Wildman–Crippen LogP) is 5.28. The van der Waals surface area contributed by atoms with Crippen LogP contribution in [0.2, 0.25) is 10.0 Å². The molecule has 0 unspecified atom stereocenters. The van der Waals surface area contributed by atoms with Crippen molar-refractivity contribution in [3.8, 4) is 11.3 Å². The van der Waals surface area contributed by atoms with E-state index in [0.29, 0.717) is 28.0 Å². The second-order valence-corrected chi connectivity index (χ2v) is 4.89. The molecule has 6 heteroatoms. The molecule has 2 aromatic rings. The van der Waals surface area contributed by atoms with Gasteiger partial charge >= 0.3 is 0 Å². The minimum atomic E-state index is -0.415. The number of rotatable bonds is 4. The Bertz CT molecular complexity index is 677. The van der Waals surface area contributed by atoms with Gasteiger partial charge in [0.25, 0.3) is 0 Å². The van der Waals surface area contributed by atoms with Gasteiger partial charge in [0.2, 0.25) is 5.70 Å². The van der Waals surface area contributed by atoms with Gasteiger partial charge in [-0.05, 0) is 30.3 Å². The Morgan fingerprint density at radius 3 is 2.65 bits per heavy atom. The molecule has 0 radical (unpaired) electrons. The predicted molar refractivity (Wildman–Crippen MR) is 79.4 cm³/mol. The fourth-order valence-electron chi connectivity index (χ4n) is 1.68. The van der Waals surface area contributed by atoms with E-state index in [-0.39, 0.29) is 5.70 Å². The van der Waals surface area contributed by atoms with Gasteiger partial charge in [-0.15, -0.1) is 0 Å². The number of allylic oxidation sites excluding steroid dienone is 1. The molecule has 0 fully saturated rings. The molecule has 0 aliphatic carbocycles. The van der Waals surface area contributed by atoms with E-state index in [1.807, 2.05) is 0 Å². The zero-order valence-electron chi connectivity index (χ0n) is 10.6. The first-order valence-corrected chi connectivity index (χ1v) is 6.67. The molecule has 4 nitrogen and oxygen atoms in total. The highest BCUT2D eigenvalue weighted by Crippen LogP contribution is 2.30. The van der Waals surface area contributed by atoms with Crippen molar-refractivity contribution in [3.05, 3.63) is 61.9 Å². The molecule has 0 aliphatic heterocycles. The highest BCUT2D eigenvalue weighted by atomic mass is 35.5. The molecule has 20 heavy (non-hydrogen) atoms. The molecule has 0 bridgehead atoms. The SMILES string of the molecule is CC/C(=C\c1ccc(-c2ccc(Cl)c(Cl)c2)o1)[N+](=O)[O-]. The lowest BCUT2D eigenvalue weighted by Crippen LogP contribution is -1.95. The summed E-state index contributed by atoms with van der Waals surface area (Å²) in [5.74, 6) is 1.01. The Labute approximate surface area is 125 Å². The first-order chi connectivity index (χ1) is 9.51. The van der Waals surface area contributed by atoms with Crippen LogP contribution in [0.15, 0.2) is 40.4 Å². The van der Waals surface area contributed by atoms with Crippen LogP contribution in [-0.4, -0.2) is 4.92 Å². The van der Waals surface area contributed by atoms with Gasteiger partial charge in [-0.25, -0.2) is 0 Å². The first-order valence-electron chi connectivity index (χ1n) is 5.91. The lowest BCUT2D eigenvalue weighted by Gasteiger charge is -1.99. The van der Waals surface area contributed by atoms with Crippen LogP contribution in [0.5, 0.6) is 0 Å². The summed E-state index contributed by atoms with van der Waals surface area (Å²) in [7, 11) is 0. The summed E-state index contributed by atoms with van der Waals surface area (Å²) < 4.78 is 5.56. The molecular weight excluding hydrogens is 301 g/mol. The van der Waals surface area contributed by atoms with Crippen LogP contribution in [0, 0.1) is 10.1 Å². The average molecular weight is 312 g/mol. The number of nitro groups is 1. The van der Waals surface area contributed by atoms with Crippen molar-refractivity contribution >= 4 is 29.3 Å². The van der Waals surface area contributed by atoms with E-state index in [1.54, 1.807) is 37.3 Å². The van der Waals surface area contributed by atoms with Gasteiger partial charge in [0, 0.05) is 12.0 Å². The minimum Gasteiger partial charge on any atom is -0.456 e. The summed E-state index contributed by atoms with van der Waals surface area (Å²) in [5, 5.41) is 11.6. The second-order valence-electron chi connectivity index (χ2n) is 4.08. The summed E-state index contributed by atoms with van der Waals surface area (Å²) in [5.41, 5.74) is 0.859. The monoisotopic (exact) mass is 311 g/mol. The molecule has 1 heterocycles. The zero-order valence-corrected chi connectivity index (χ0v) is 12.1. The van der Waals surface area contributed by atoms with Gasteiger partial charge in [0.15, 0.2) is 0 Å². The van der Waals surface area contributed by atoms with Crippen molar-refractivity contribution < 1.29 is 9.34 Å².